The van der Waals surface area contributed by atoms with Crippen LogP contribution in [0.5, 0.6) is 0 Å². The highest BCUT2D eigenvalue weighted by molar-refractivity contribution is 5.97. The van der Waals surface area contributed by atoms with Gasteiger partial charge < -0.3 is 10.2 Å². The van der Waals surface area contributed by atoms with Crippen molar-refractivity contribution in [1.29, 1.82) is 0 Å². The zero-order valence-electron chi connectivity index (χ0n) is 10.7. The fraction of sp³-hybridized carbons (Fsp3) is 0.538. The molecule has 2 unspecified atom stereocenters. The van der Waals surface area contributed by atoms with Crippen LogP contribution in [0.4, 0.5) is 0 Å². The molecule has 2 amide bonds. The molecule has 1 N–H and O–H groups in total. The first-order chi connectivity index (χ1) is 9.16. The molecule has 0 bridgehead atoms. The number of nitrogens with zero attached hydrogens (tertiary/aromatic N) is 3. The highest BCUT2D eigenvalue weighted by Crippen LogP contribution is 2.35. The molecule has 2 aliphatic rings. The van der Waals surface area contributed by atoms with E-state index in [0.717, 1.165) is 12.8 Å². The van der Waals surface area contributed by atoms with Gasteiger partial charge in [-0.3, -0.25) is 9.59 Å². The minimum absolute atomic E-state index is 0.0120. The van der Waals surface area contributed by atoms with Crippen molar-refractivity contribution in [2.75, 3.05) is 0 Å². The molecule has 2 atom stereocenters. The Morgan fingerprint density at radius 3 is 2.63 bits per heavy atom. The van der Waals surface area contributed by atoms with Gasteiger partial charge in [0.15, 0.2) is 0 Å². The number of rotatable bonds is 3. The Labute approximate surface area is 111 Å². The fourth-order valence-corrected chi connectivity index (χ4v) is 2.37. The predicted octanol–water partition coefficient (Wildman–Crippen LogP) is 0.102. The number of carbonyl (C=O) groups excluding carboxylic acids is 2. The molecule has 6 nitrogen and oxygen atoms in total. The lowest BCUT2D eigenvalue weighted by atomic mass is 10.0. The second-order valence-corrected chi connectivity index (χ2v) is 5.13. The Bertz CT molecular complexity index is 501. The van der Waals surface area contributed by atoms with Crippen molar-refractivity contribution in [2.45, 2.75) is 38.4 Å². The molecule has 1 aromatic heterocycles. The molecular formula is C13H16N4O2. The minimum atomic E-state index is -0.466. The molecule has 6 heteroatoms. The van der Waals surface area contributed by atoms with E-state index in [4.69, 9.17) is 0 Å². The van der Waals surface area contributed by atoms with Gasteiger partial charge in [0.2, 0.25) is 11.8 Å². The van der Waals surface area contributed by atoms with Crippen LogP contribution in [-0.4, -0.2) is 38.8 Å². The number of aromatic nitrogens is 2. The summed E-state index contributed by atoms with van der Waals surface area (Å²) in [5, 5.41) is 2.82. The molecular weight excluding hydrogens is 244 g/mol. The van der Waals surface area contributed by atoms with E-state index in [9.17, 15) is 9.59 Å². The van der Waals surface area contributed by atoms with E-state index in [-0.39, 0.29) is 24.4 Å². The lowest BCUT2D eigenvalue weighted by molar-refractivity contribution is -0.150. The standard InChI is InChI=1S/C13H16N4O2/c1-8-12(18)16-11(9-3-4-9)13(19)17(8)7-10-14-5-2-6-15-10/h2,5-6,8-9,11H,3-4,7H2,1H3,(H,16,18). The normalized spacial score (nSPS) is 27.3. The topological polar surface area (TPSA) is 75.2 Å². The third-order valence-corrected chi connectivity index (χ3v) is 3.72. The van der Waals surface area contributed by atoms with Crippen LogP contribution in [0.1, 0.15) is 25.6 Å². The van der Waals surface area contributed by atoms with Crippen LogP contribution in [0.3, 0.4) is 0 Å². The molecule has 3 rings (SSSR count). The van der Waals surface area contributed by atoms with Gasteiger partial charge in [0.05, 0.1) is 6.54 Å². The quantitative estimate of drug-likeness (QED) is 0.836. The fourth-order valence-electron chi connectivity index (χ4n) is 2.37. The Hall–Kier alpha value is -1.98. The Morgan fingerprint density at radius 2 is 2.00 bits per heavy atom. The molecule has 1 saturated heterocycles. The van der Waals surface area contributed by atoms with Crippen LogP contribution in [0.2, 0.25) is 0 Å². The van der Waals surface area contributed by atoms with Crippen molar-refractivity contribution in [3.63, 3.8) is 0 Å². The first-order valence-electron chi connectivity index (χ1n) is 6.53. The first kappa shape index (κ1) is 12.1. The molecule has 1 saturated carbocycles. The van der Waals surface area contributed by atoms with Crippen LogP contribution in [0, 0.1) is 5.92 Å². The maximum absolute atomic E-state index is 12.4. The van der Waals surface area contributed by atoms with Gasteiger partial charge in [-0.25, -0.2) is 9.97 Å². The molecule has 1 aliphatic carbocycles. The van der Waals surface area contributed by atoms with E-state index in [1.54, 1.807) is 30.3 Å². The summed E-state index contributed by atoms with van der Waals surface area (Å²) >= 11 is 0. The van der Waals surface area contributed by atoms with Gasteiger partial charge in [0, 0.05) is 12.4 Å². The van der Waals surface area contributed by atoms with Crippen LogP contribution in [0.15, 0.2) is 18.5 Å². The zero-order valence-corrected chi connectivity index (χ0v) is 10.7. The predicted molar refractivity (Wildman–Crippen MR) is 66.7 cm³/mol. The molecule has 2 fully saturated rings. The number of piperazine rings is 1. The average molecular weight is 260 g/mol. The van der Waals surface area contributed by atoms with E-state index < -0.39 is 6.04 Å². The molecule has 2 heterocycles. The van der Waals surface area contributed by atoms with Crippen LogP contribution < -0.4 is 5.32 Å². The van der Waals surface area contributed by atoms with Gasteiger partial charge in [-0.05, 0) is 31.7 Å². The van der Waals surface area contributed by atoms with E-state index in [1.165, 1.54) is 0 Å². The van der Waals surface area contributed by atoms with Gasteiger partial charge in [0.25, 0.3) is 0 Å². The Morgan fingerprint density at radius 1 is 1.32 bits per heavy atom. The third kappa shape index (κ3) is 2.30. The lowest BCUT2D eigenvalue weighted by Gasteiger charge is -2.37. The average Bonchev–Trinajstić information content (AvgIpc) is 3.24. The lowest BCUT2D eigenvalue weighted by Crippen LogP contribution is -2.62. The molecule has 0 aromatic carbocycles. The zero-order chi connectivity index (χ0) is 13.4. The summed E-state index contributed by atoms with van der Waals surface area (Å²) in [4.78, 5) is 34.2. The van der Waals surface area contributed by atoms with E-state index in [0.29, 0.717) is 11.7 Å². The van der Waals surface area contributed by atoms with Crippen molar-refractivity contribution >= 4 is 11.8 Å². The number of nitrogens with one attached hydrogen (secondary N) is 1. The highest BCUT2D eigenvalue weighted by atomic mass is 16.2. The first-order valence-corrected chi connectivity index (χ1v) is 6.53. The van der Waals surface area contributed by atoms with Crippen LogP contribution in [-0.2, 0) is 16.1 Å². The van der Waals surface area contributed by atoms with Gasteiger partial charge in [-0.2, -0.15) is 0 Å². The van der Waals surface area contributed by atoms with Gasteiger partial charge in [-0.1, -0.05) is 0 Å². The molecule has 1 aromatic rings. The largest absolute Gasteiger partial charge is 0.342 e. The molecule has 0 spiro atoms. The molecule has 1 aliphatic heterocycles. The summed E-state index contributed by atoms with van der Waals surface area (Å²) in [5.74, 6) is 0.768. The number of carbonyl (C=O) groups is 2. The maximum Gasteiger partial charge on any atom is 0.246 e. The summed E-state index contributed by atoms with van der Waals surface area (Å²) in [6.07, 6.45) is 5.31. The maximum atomic E-state index is 12.4. The van der Waals surface area contributed by atoms with E-state index in [1.807, 2.05) is 0 Å². The second-order valence-electron chi connectivity index (χ2n) is 5.13. The minimum Gasteiger partial charge on any atom is -0.342 e. The van der Waals surface area contributed by atoms with Crippen molar-refractivity contribution in [3.8, 4) is 0 Å². The van der Waals surface area contributed by atoms with Crippen LogP contribution in [0.25, 0.3) is 0 Å². The monoisotopic (exact) mass is 260 g/mol. The number of amides is 2. The Balaban J connectivity index is 1.80. The summed E-state index contributed by atoms with van der Waals surface area (Å²) in [5.41, 5.74) is 0. The van der Waals surface area contributed by atoms with Crippen molar-refractivity contribution in [2.24, 2.45) is 5.92 Å². The number of hydrogen-bond donors (Lipinski definition) is 1. The van der Waals surface area contributed by atoms with Crippen molar-refractivity contribution in [1.82, 2.24) is 20.2 Å². The van der Waals surface area contributed by atoms with E-state index >= 15 is 0 Å². The summed E-state index contributed by atoms with van der Waals surface area (Å²) in [6.45, 7) is 2.02. The summed E-state index contributed by atoms with van der Waals surface area (Å²) < 4.78 is 0. The third-order valence-electron chi connectivity index (χ3n) is 3.72. The smallest absolute Gasteiger partial charge is 0.246 e. The van der Waals surface area contributed by atoms with E-state index in [2.05, 4.69) is 15.3 Å². The SMILES string of the molecule is CC1C(=O)NC(C2CC2)C(=O)N1Cc1ncccn1. The highest BCUT2D eigenvalue weighted by Gasteiger charge is 2.45. The number of hydrogen-bond acceptors (Lipinski definition) is 4. The second kappa shape index (κ2) is 4.60. The van der Waals surface area contributed by atoms with Crippen molar-refractivity contribution < 1.29 is 9.59 Å². The van der Waals surface area contributed by atoms with Gasteiger partial charge in [-0.15, -0.1) is 0 Å². The summed E-state index contributed by atoms with van der Waals surface area (Å²) in [7, 11) is 0. The van der Waals surface area contributed by atoms with Gasteiger partial charge in [0.1, 0.15) is 17.9 Å². The van der Waals surface area contributed by atoms with Crippen LogP contribution >= 0.6 is 0 Å². The molecule has 0 radical (unpaired) electrons. The molecule has 100 valence electrons. The molecule has 19 heavy (non-hydrogen) atoms. The summed E-state index contributed by atoms with van der Waals surface area (Å²) in [6, 6.07) is 0.906. The van der Waals surface area contributed by atoms with Gasteiger partial charge >= 0.3 is 0 Å². The van der Waals surface area contributed by atoms with Crippen molar-refractivity contribution in [3.05, 3.63) is 24.3 Å². The Kier molecular flexibility index (Phi) is 2.93.